The highest BCUT2D eigenvalue weighted by Gasteiger charge is 2.64. The van der Waals surface area contributed by atoms with E-state index in [1.807, 2.05) is 0 Å². The molecule has 0 radical (unpaired) electrons. The van der Waals surface area contributed by atoms with E-state index in [1.165, 1.54) is 52.1 Å². The topological polar surface area (TPSA) is 43.4 Å². The summed E-state index contributed by atoms with van der Waals surface area (Å²) in [4.78, 5) is 23.6. The second-order valence-corrected chi connectivity index (χ2v) is 7.87. The molecule has 3 aliphatic carbocycles. The van der Waals surface area contributed by atoms with Crippen LogP contribution in [-0.4, -0.2) is 18.9 Å². The van der Waals surface area contributed by atoms with Crippen LogP contribution in [0.25, 0.3) is 0 Å². The molecule has 3 heteroatoms. The lowest BCUT2D eigenvalue weighted by Gasteiger charge is -2.32. The Morgan fingerprint density at radius 2 is 1.77 bits per heavy atom. The molecular weight excluding hydrogens is 276 g/mol. The monoisotopic (exact) mass is 306 g/mol. The Bertz CT molecular complexity index is 438. The van der Waals surface area contributed by atoms with Crippen molar-refractivity contribution in [1.29, 1.82) is 0 Å². The SMILES string of the molecule is COC(=O)CC(=O)C1CCC2[C@@H](C)C2(C2CCCCC2)CC1. The average molecular weight is 306 g/mol. The van der Waals surface area contributed by atoms with E-state index >= 15 is 0 Å². The zero-order valence-corrected chi connectivity index (χ0v) is 14.1. The molecule has 3 aliphatic rings. The van der Waals surface area contributed by atoms with Crippen molar-refractivity contribution in [1.82, 2.24) is 0 Å². The third-order valence-electron chi connectivity index (χ3n) is 7.15. The molecular formula is C19H30O3. The number of ether oxygens (including phenoxy) is 1. The number of rotatable bonds is 4. The van der Waals surface area contributed by atoms with Crippen LogP contribution >= 0.6 is 0 Å². The summed E-state index contributed by atoms with van der Waals surface area (Å²) in [5, 5.41) is 0. The molecule has 3 nitrogen and oxygen atoms in total. The molecule has 22 heavy (non-hydrogen) atoms. The van der Waals surface area contributed by atoms with Crippen molar-refractivity contribution >= 4 is 11.8 Å². The smallest absolute Gasteiger partial charge is 0.313 e. The first-order chi connectivity index (χ1) is 10.6. The van der Waals surface area contributed by atoms with E-state index in [2.05, 4.69) is 11.7 Å². The zero-order chi connectivity index (χ0) is 15.7. The largest absolute Gasteiger partial charge is 0.469 e. The molecule has 3 saturated carbocycles. The minimum absolute atomic E-state index is 0.0299. The van der Waals surface area contributed by atoms with E-state index in [-0.39, 0.29) is 24.1 Å². The molecule has 3 unspecified atom stereocenters. The summed E-state index contributed by atoms with van der Waals surface area (Å²) in [6, 6.07) is 0. The highest BCUT2D eigenvalue weighted by atomic mass is 16.5. The van der Waals surface area contributed by atoms with Crippen LogP contribution in [-0.2, 0) is 14.3 Å². The van der Waals surface area contributed by atoms with Gasteiger partial charge in [-0.15, -0.1) is 0 Å². The van der Waals surface area contributed by atoms with Crippen molar-refractivity contribution in [2.45, 2.75) is 71.1 Å². The molecule has 3 rings (SSSR count). The number of carbonyl (C=O) groups excluding carboxylic acids is 2. The van der Waals surface area contributed by atoms with Gasteiger partial charge in [-0.1, -0.05) is 26.2 Å². The number of methoxy groups -OCH3 is 1. The van der Waals surface area contributed by atoms with Gasteiger partial charge < -0.3 is 4.74 Å². The van der Waals surface area contributed by atoms with E-state index in [1.54, 1.807) is 0 Å². The fourth-order valence-electron chi connectivity index (χ4n) is 5.84. The summed E-state index contributed by atoms with van der Waals surface area (Å²) in [6.07, 6.45) is 11.4. The maximum atomic E-state index is 12.3. The first kappa shape index (κ1) is 16.0. The van der Waals surface area contributed by atoms with Gasteiger partial charge in [0.25, 0.3) is 0 Å². The van der Waals surface area contributed by atoms with Gasteiger partial charge in [0.1, 0.15) is 12.2 Å². The van der Waals surface area contributed by atoms with Crippen LogP contribution in [0, 0.1) is 29.1 Å². The van der Waals surface area contributed by atoms with E-state index in [9.17, 15) is 9.59 Å². The lowest BCUT2D eigenvalue weighted by Crippen LogP contribution is -2.24. The summed E-state index contributed by atoms with van der Waals surface area (Å²) < 4.78 is 4.65. The first-order valence-electron chi connectivity index (χ1n) is 9.19. The summed E-state index contributed by atoms with van der Waals surface area (Å²) in [5.41, 5.74) is 0.542. The molecule has 0 amide bonds. The summed E-state index contributed by atoms with van der Waals surface area (Å²) in [7, 11) is 1.36. The molecule has 0 saturated heterocycles. The Morgan fingerprint density at radius 1 is 1.05 bits per heavy atom. The van der Waals surface area contributed by atoms with Crippen LogP contribution in [0.3, 0.4) is 0 Å². The van der Waals surface area contributed by atoms with Crippen molar-refractivity contribution < 1.29 is 14.3 Å². The highest BCUT2D eigenvalue weighted by molar-refractivity contribution is 5.96. The highest BCUT2D eigenvalue weighted by Crippen LogP contribution is 2.71. The summed E-state index contributed by atoms with van der Waals surface area (Å²) in [5.74, 6) is 2.42. The van der Waals surface area contributed by atoms with Gasteiger partial charge in [-0.2, -0.15) is 0 Å². The minimum atomic E-state index is -0.380. The van der Waals surface area contributed by atoms with E-state index in [0.29, 0.717) is 5.41 Å². The number of ketones is 1. The van der Waals surface area contributed by atoms with Crippen molar-refractivity contribution in [3.8, 4) is 0 Å². The van der Waals surface area contributed by atoms with E-state index in [4.69, 9.17) is 0 Å². The zero-order valence-electron chi connectivity index (χ0n) is 14.1. The Morgan fingerprint density at radius 3 is 2.45 bits per heavy atom. The third-order valence-corrected chi connectivity index (χ3v) is 7.15. The number of fused-ring (bicyclic) bond motifs is 1. The molecule has 124 valence electrons. The number of Topliss-reactive ketones (excluding diaryl/α,β-unsaturated/α-hetero) is 1. The van der Waals surface area contributed by atoms with Crippen molar-refractivity contribution in [3.63, 3.8) is 0 Å². The summed E-state index contributed by atoms with van der Waals surface area (Å²) in [6.45, 7) is 2.44. The van der Waals surface area contributed by atoms with Gasteiger partial charge >= 0.3 is 5.97 Å². The van der Waals surface area contributed by atoms with Gasteiger partial charge in [-0.3, -0.25) is 9.59 Å². The molecule has 0 N–H and O–H groups in total. The van der Waals surface area contributed by atoms with Gasteiger partial charge in [0.2, 0.25) is 0 Å². The van der Waals surface area contributed by atoms with Crippen LogP contribution in [0.5, 0.6) is 0 Å². The van der Waals surface area contributed by atoms with Gasteiger partial charge in [-0.25, -0.2) is 0 Å². The van der Waals surface area contributed by atoms with Gasteiger partial charge in [0, 0.05) is 5.92 Å². The van der Waals surface area contributed by atoms with Crippen LogP contribution in [0.15, 0.2) is 0 Å². The average Bonchev–Trinajstić information content (AvgIpc) is 3.18. The third kappa shape index (κ3) is 2.72. The summed E-state index contributed by atoms with van der Waals surface area (Å²) >= 11 is 0. The van der Waals surface area contributed by atoms with Crippen molar-refractivity contribution in [3.05, 3.63) is 0 Å². The number of carbonyl (C=O) groups is 2. The Hall–Kier alpha value is -0.860. The number of esters is 1. The molecule has 4 atom stereocenters. The Kier molecular flexibility index (Phi) is 4.61. The van der Waals surface area contributed by atoms with E-state index in [0.717, 1.165) is 30.6 Å². The van der Waals surface area contributed by atoms with Crippen LogP contribution in [0.1, 0.15) is 71.1 Å². The molecule has 0 spiro atoms. The lowest BCUT2D eigenvalue weighted by atomic mass is 9.73. The molecule has 0 aromatic carbocycles. The predicted molar refractivity (Wildman–Crippen MR) is 85.3 cm³/mol. The van der Waals surface area contributed by atoms with E-state index < -0.39 is 0 Å². The van der Waals surface area contributed by atoms with Crippen molar-refractivity contribution in [2.75, 3.05) is 7.11 Å². The molecule has 0 bridgehead atoms. The Balaban J connectivity index is 1.63. The van der Waals surface area contributed by atoms with Crippen LogP contribution < -0.4 is 0 Å². The maximum absolute atomic E-state index is 12.3. The Labute approximate surface area is 134 Å². The maximum Gasteiger partial charge on any atom is 0.313 e. The molecule has 0 aromatic rings. The van der Waals surface area contributed by atoms with Gasteiger partial charge in [-0.05, 0) is 61.7 Å². The fourth-order valence-corrected chi connectivity index (χ4v) is 5.84. The molecule has 0 aromatic heterocycles. The van der Waals surface area contributed by atoms with Crippen molar-refractivity contribution in [2.24, 2.45) is 29.1 Å². The number of hydrogen-bond acceptors (Lipinski definition) is 3. The quantitative estimate of drug-likeness (QED) is 0.579. The minimum Gasteiger partial charge on any atom is -0.469 e. The van der Waals surface area contributed by atoms with Crippen LogP contribution in [0.2, 0.25) is 0 Å². The number of hydrogen-bond donors (Lipinski definition) is 0. The standard InChI is InChI=1S/C19H30O3/c1-13-16-9-8-14(17(20)12-18(21)22-2)10-11-19(13,16)15-6-4-3-5-7-15/h13-16H,3-12H2,1-2H3/t13-,14?,16?,19?/m1/s1. The second kappa shape index (κ2) is 6.33. The van der Waals surface area contributed by atoms with Gasteiger partial charge in [0.15, 0.2) is 0 Å². The molecule has 3 fully saturated rings. The predicted octanol–water partition coefficient (Wildman–Crippen LogP) is 4.14. The fraction of sp³-hybridized carbons (Fsp3) is 0.895. The first-order valence-corrected chi connectivity index (χ1v) is 9.19. The van der Waals surface area contributed by atoms with Crippen LogP contribution in [0.4, 0.5) is 0 Å². The molecule has 0 aliphatic heterocycles. The lowest BCUT2D eigenvalue weighted by molar-refractivity contribution is -0.144. The van der Waals surface area contributed by atoms with Gasteiger partial charge in [0.05, 0.1) is 7.11 Å². The second-order valence-electron chi connectivity index (χ2n) is 7.87. The molecule has 0 heterocycles. The normalized spacial score (nSPS) is 38.7.